The molecule has 0 spiro atoms. The van der Waals surface area contributed by atoms with Crippen molar-refractivity contribution >= 4 is 17.9 Å². The first kappa shape index (κ1) is 55.9. The van der Waals surface area contributed by atoms with Crippen molar-refractivity contribution in [1.29, 1.82) is 0 Å². The van der Waals surface area contributed by atoms with Gasteiger partial charge >= 0.3 is 17.9 Å². The minimum Gasteiger partial charge on any atom is -0.462 e. The first-order valence-corrected chi connectivity index (χ1v) is 25.3. The van der Waals surface area contributed by atoms with Gasteiger partial charge in [-0.3, -0.25) is 14.4 Å². The van der Waals surface area contributed by atoms with Crippen LogP contribution in [0.5, 0.6) is 0 Å². The summed E-state index contributed by atoms with van der Waals surface area (Å²) in [6.07, 6.45) is 52.9. The van der Waals surface area contributed by atoms with Gasteiger partial charge in [0.25, 0.3) is 0 Å². The van der Waals surface area contributed by atoms with Crippen LogP contribution in [0, 0.1) is 0 Å². The Morgan fingerprint density at radius 3 is 0.983 bits per heavy atom. The lowest BCUT2D eigenvalue weighted by Gasteiger charge is -2.18. The molecule has 0 aliphatic rings. The van der Waals surface area contributed by atoms with Gasteiger partial charge in [-0.1, -0.05) is 225 Å². The Hall–Kier alpha value is -2.11. The third kappa shape index (κ3) is 45.0. The average Bonchev–Trinajstić information content (AvgIpc) is 3.22. The zero-order valence-corrected chi connectivity index (χ0v) is 38.8. The number of carbonyl (C=O) groups excluding carboxylic acids is 3. The molecule has 0 aliphatic heterocycles. The van der Waals surface area contributed by atoms with E-state index in [1.165, 1.54) is 154 Å². The largest absolute Gasteiger partial charge is 0.462 e. The number of carbonyl (C=O) groups is 3. The van der Waals surface area contributed by atoms with Crippen molar-refractivity contribution in [2.24, 2.45) is 0 Å². The maximum absolute atomic E-state index is 12.8. The zero-order valence-electron chi connectivity index (χ0n) is 38.8. The third-order valence-corrected chi connectivity index (χ3v) is 11.2. The van der Waals surface area contributed by atoms with Gasteiger partial charge in [0, 0.05) is 19.3 Å². The number of hydrogen-bond acceptors (Lipinski definition) is 6. The van der Waals surface area contributed by atoms with Crippen LogP contribution in [-0.2, 0) is 28.6 Å². The molecule has 0 aromatic heterocycles. The molecule has 0 saturated carbocycles. The van der Waals surface area contributed by atoms with Crippen LogP contribution in [0.2, 0.25) is 0 Å². The predicted octanol–water partition coefficient (Wildman–Crippen LogP) is 16.4. The second-order valence-corrected chi connectivity index (χ2v) is 17.1. The van der Waals surface area contributed by atoms with Crippen LogP contribution in [-0.4, -0.2) is 37.2 Å². The lowest BCUT2D eigenvalue weighted by atomic mass is 10.0. The van der Waals surface area contributed by atoms with E-state index in [9.17, 15) is 14.4 Å². The molecular weight excluding hydrogens is 721 g/mol. The first-order valence-electron chi connectivity index (χ1n) is 25.3. The van der Waals surface area contributed by atoms with Crippen molar-refractivity contribution in [3.05, 3.63) is 24.3 Å². The van der Waals surface area contributed by atoms with E-state index in [4.69, 9.17) is 14.2 Å². The van der Waals surface area contributed by atoms with Crippen molar-refractivity contribution in [2.45, 2.75) is 277 Å². The lowest BCUT2D eigenvalue weighted by molar-refractivity contribution is -0.167. The Morgan fingerprint density at radius 2 is 0.621 bits per heavy atom. The SMILES string of the molecule is CCCCC/C=C\C/C=C\CCCCCCCC(=O)OC[C@H](COC(=O)CCCCCCCCCCCCCCC)OC(=O)CCCCCCCCCCCCCC. The van der Waals surface area contributed by atoms with Crippen LogP contribution >= 0.6 is 0 Å². The van der Waals surface area contributed by atoms with Crippen LogP contribution in [0.1, 0.15) is 271 Å². The number of rotatable bonds is 46. The molecule has 0 bridgehead atoms. The van der Waals surface area contributed by atoms with Crippen LogP contribution < -0.4 is 0 Å². The maximum atomic E-state index is 12.8. The zero-order chi connectivity index (χ0) is 42.3. The molecule has 6 heteroatoms. The van der Waals surface area contributed by atoms with Crippen molar-refractivity contribution in [3.8, 4) is 0 Å². The lowest BCUT2D eigenvalue weighted by Crippen LogP contribution is -2.30. The number of allylic oxidation sites excluding steroid dienone is 4. The summed E-state index contributed by atoms with van der Waals surface area (Å²) in [5, 5.41) is 0. The topological polar surface area (TPSA) is 78.9 Å². The molecule has 340 valence electrons. The monoisotopic (exact) mass is 817 g/mol. The fourth-order valence-corrected chi connectivity index (χ4v) is 7.36. The first-order chi connectivity index (χ1) is 28.5. The molecule has 0 heterocycles. The second-order valence-electron chi connectivity index (χ2n) is 17.1. The van der Waals surface area contributed by atoms with Gasteiger partial charge in [-0.15, -0.1) is 0 Å². The highest BCUT2D eigenvalue weighted by Gasteiger charge is 2.19. The van der Waals surface area contributed by atoms with Gasteiger partial charge in [-0.05, 0) is 51.4 Å². The van der Waals surface area contributed by atoms with E-state index in [1.54, 1.807) is 0 Å². The molecule has 0 aromatic carbocycles. The molecule has 6 nitrogen and oxygen atoms in total. The molecule has 1 atom stereocenters. The molecular formula is C52H96O6. The fraction of sp³-hybridized carbons (Fsp3) is 0.865. The van der Waals surface area contributed by atoms with E-state index in [2.05, 4.69) is 45.1 Å². The van der Waals surface area contributed by atoms with Gasteiger partial charge in [-0.25, -0.2) is 0 Å². The Morgan fingerprint density at radius 1 is 0.345 bits per heavy atom. The number of esters is 3. The highest BCUT2D eigenvalue weighted by molar-refractivity contribution is 5.71. The van der Waals surface area contributed by atoms with Gasteiger partial charge < -0.3 is 14.2 Å². The minimum atomic E-state index is -0.769. The number of unbranched alkanes of at least 4 members (excludes halogenated alkanes) is 31. The Labute approximate surface area is 360 Å². The van der Waals surface area contributed by atoms with E-state index in [0.29, 0.717) is 19.3 Å². The van der Waals surface area contributed by atoms with Gasteiger partial charge in [0.05, 0.1) is 0 Å². The molecule has 0 rings (SSSR count). The Bertz CT molecular complexity index is 942. The summed E-state index contributed by atoms with van der Waals surface area (Å²) in [4.78, 5) is 37.9. The van der Waals surface area contributed by atoms with E-state index in [-0.39, 0.29) is 31.1 Å². The van der Waals surface area contributed by atoms with Crippen LogP contribution in [0.4, 0.5) is 0 Å². The second kappa shape index (κ2) is 47.6. The number of ether oxygens (including phenoxy) is 3. The van der Waals surface area contributed by atoms with Crippen molar-refractivity contribution in [2.75, 3.05) is 13.2 Å². The third-order valence-electron chi connectivity index (χ3n) is 11.2. The van der Waals surface area contributed by atoms with Crippen LogP contribution in [0.3, 0.4) is 0 Å². The van der Waals surface area contributed by atoms with E-state index in [0.717, 1.165) is 77.0 Å². The van der Waals surface area contributed by atoms with Crippen molar-refractivity contribution in [3.63, 3.8) is 0 Å². The standard InChI is InChI=1S/C52H96O6/c1-4-7-10-13-16-19-22-25-26-28-31-33-36-39-42-45-51(54)57-48-49(58-52(55)46-43-40-37-34-29-24-21-18-15-12-9-6-3)47-56-50(53)44-41-38-35-32-30-27-23-20-17-14-11-8-5-2/h16,19,25-26,49H,4-15,17-18,20-24,27-48H2,1-3H3/b19-16-,26-25-/t49-/m0/s1. The van der Waals surface area contributed by atoms with Gasteiger partial charge in [-0.2, -0.15) is 0 Å². The summed E-state index contributed by atoms with van der Waals surface area (Å²) >= 11 is 0. The Balaban J connectivity index is 4.35. The van der Waals surface area contributed by atoms with Crippen molar-refractivity contribution in [1.82, 2.24) is 0 Å². The molecule has 0 fully saturated rings. The van der Waals surface area contributed by atoms with Crippen LogP contribution in [0.25, 0.3) is 0 Å². The molecule has 0 amide bonds. The summed E-state index contributed by atoms with van der Waals surface area (Å²) in [6, 6.07) is 0. The molecule has 58 heavy (non-hydrogen) atoms. The molecule has 0 N–H and O–H groups in total. The summed E-state index contributed by atoms with van der Waals surface area (Å²) in [5.41, 5.74) is 0. The van der Waals surface area contributed by atoms with E-state index >= 15 is 0 Å². The summed E-state index contributed by atoms with van der Waals surface area (Å²) in [5.74, 6) is -0.873. The molecule has 0 radical (unpaired) electrons. The van der Waals surface area contributed by atoms with E-state index < -0.39 is 6.10 Å². The minimum absolute atomic E-state index is 0.0710. The smallest absolute Gasteiger partial charge is 0.306 e. The van der Waals surface area contributed by atoms with E-state index in [1.807, 2.05) is 0 Å². The maximum Gasteiger partial charge on any atom is 0.306 e. The van der Waals surface area contributed by atoms with Gasteiger partial charge in [0.15, 0.2) is 6.10 Å². The fourth-order valence-electron chi connectivity index (χ4n) is 7.36. The normalized spacial score (nSPS) is 12.1. The van der Waals surface area contributed by atoms with Gasteiger partial charge in [0.2, 0.25) is 0 Å². The molecule has 0 aliphatic carbocycles. The average molecular weight is 817 g/mol. The molecule has 0 aromatic rings. The highest BCUT2D eigenvalue weighted by Crippen LogP contribution is 2.16. The molecule has 0 unspecified atom stereocenters. The number of hydrogen-bond donors (Lipinski definition) is 0. The van der Waals surface area contributed by atoms with Crippen LogP contribution in [0.15, 0.2) is 24.3 Å². The van der Waals surface area contributed by atoms with Crippen molar-refractivity contribution < 1.29 is 28.6 Å². The summed E-state index contributed by atoms with van der Waals surface area (Å²) < 4.78 is 16.8. The quantitative estimate of drug-likeness (QED) is 0.0263. The Kier molecular flexibility index (Phi) is 45.8. The van der Waals surface area contributed by atoms with Gasteiger partial charge in [0.1, 0.15) is 13.2 Å². The highest BCUT2D eigenvalue weighted by atomic mass is 16.6. The summed E-state index contributed by atoms with van der Waals surface area (Å²) in [6.45, 7) is 6.62. The predicted molar refractivity (Wildman–Crippen MR) is 247 cm³/mol. The summed E-state index contributed by atoms with van der Waals surface area (Å²) in [7, 11) is 0. The molecule has 0 saturated heterocycles.